The Morgan fingerprint density at radius 3 is 2.24 bits per heavy atom. The van der Waals surface area contributed by atoms with E-state index in [0.29, 0.717) is 36.0 Å². The highest BCUT2D eigenvalue weighted by Crippen LogP contribution is 2.17. The van der Waals surface area contributed by atoms with Crippen LogP contribution in [0.15, 0.2) is 48.5 Å². The fourth-order valence-corrected chi connectivity index (χ4v) is 3.18. The first-order valence-electron chi connectivity index (χ1n) is 11.0. The third kappa shape index (κ3) is 8.12. The summed E-state index contributed by atoms with van der Waals surface area (Å²) >= 11 is 0. The molecular weight excluding hydrogens is 426 g/mol. The van der Waals surface area contributed by atoms with Crippen LogP contribution in [0.3, 0.4) is 0 Å². The Morgan fingerprint density at radius 2 is 1.58 bits per heavy atom. The molecule has 33 heavy (non-hydrogen) atoms. The van der Waals surface area contributed by atoms with Crippen molar-refractivity contribution in [2.45, 2.75) is 38.7 Å². The first-order chi connectivity index (χ1) is 16.0. The predicted molar refractivity (Wildman–Crippen MR) is 122 cm³/mol. The monoisotopic (exact) mass is 455 g/mol. The van der Waals surface area contributed by atoms with Crippen LogP contribution in [0.1, 0.15) is 43.0 Å². The molecule has 1 atom stereocenters. The Balaban J connectivity index is 1.33. The van der Waals surface area contributed by atoms with E-state index in [4.69, 9.17) is 14.2 Å². The van der Waals surface area contributed by atoms with Gasteiger partial charge < -0.3 is 19.5 Å². The minimum atomic E-state index is -0.471. The van der Waals surface area contributed by atoms with Crippen molar-refractivity contribution in [2.75, 3.05) is 25.1 Å². The number of anilines is 1. The number of nitrogens with one attached hydrogen (secondary N) is 3. The van der Waals surface area contributed by atoms with E-state index in [-0.39, 0.29) is 24.9 Å². The van der Waals surface area contributed by atoms with Gasteiger partial charge in [0.2, 0.25) is 11.8 Å². The molecule has 0 aromatic heterocycles. The standard InChI is InChI=1S/C24H29N3O6/c1-2-31-19-11-7-18(8-12-19)25-22(28)13-14-23(29)26-27-24(30)17-5-9-20(10-6-17)33-16-21-4-3-15-32-21/h5-12,21H,2-4,13-16H2,1H3,(H,25,28)(H,26,29)(H,27,30)/t21-/m1/s1. The summed E-state index contributed by atoms with van der Waals surface area (Å²) in [5, 5.41) is 2.71. The van der Waals surface area contributed by atoms with E-state index < -0.39 is 11.8 Å². The van der Waals surface area contributed by atoms with E-state index in [1.165, 1.54) is 0 Å². The van der Waals surface area contributed by atoms with E-state index in [1.54, 1.807) is 48.5 Å². The van der Waals surface area contributed by atoms with Gasteiger partial charge >= 0.3 is 0 Å². The fraction of sp³-hybridized carbons (Fsp3) is 0.375. The van der Waals surface area contributed by atoms with Crippen LogP contribution >= 0.6 is 0 Å². The molecule has 9 nitrogen and oxygen atoms in total. The van der Waals surface area contributed by atoms with Crippen LogP contribution in [0.25, 0.3) is 0 Å². The van der Waals surface area contributed by atoms with Gasteiger partial charge in [0.1, 0.15) is 18.1 Å². The zero-order chi connectivity index (χ0) is 23.5. The highest BCUT2D eigenvalue weighted by molar-refractivity contribution is 5.96. The van der Waals surface area contributed by atoms with Crippen molar-refractivity contribution < 1.29 is 28.6 Å². The average molecular weight is 456 g/mol. The number of rotatable bonds is 10. The Kier molecular flexibility index (Phi) is 9.08. The SMILES string of the molecule is CCOc1ccc(NC(=O)CCC(=O)NNC(=O)c2ccc(OC[C@H]3CCCO3)cc2)cc1. The van der Waals surface area contributed by atoms with Gasteiger partial charge in [-0.3, -0.25) is 25.2 Å². The van der Waals surface area contributed by atoms with Crippen molar-refractivity contribution >= 4 is 23.4 Å². The minimum absolute atomic E-state index is 0.0222. The maximum atomic E-state index is 12.2. The number of ether oxygens (including phenoxy) is 3. The molecule has 1 heterocycles. The molecule has 0 bridgehead atoms. The number of benzene rings is 2. The summed E-state index contributed by atoms with van der Waals surface area (Å²) in [4.78, 5) is 36.2. The molecule has 2 aromatic rings. The minimum Gasteiger partial charge on any atom is -0.494 e. The summed E-state index contributed by atoms with van der Waals surface area (Å²) in [6.07, 6.45) is 2.06. The molecule has 1 saturated heterocycles. The van der Waals surface area contributed by atoms with Gasteiger partial charge in [0.15, 0.2) is 0 Å². The Hall–Kier alpha value is -3.59. The Bertz CT molecular complexity index is 924. The summed E-state index contributed by atoms with van der Waals surface area (Å²) in [6.45, 7) is 3.70. The lowest BCUT2D eigenvalue weighted by Gasteiger charge is -2.12. The summed E-state index contributed by atoms with van der Waals surface area (Å²) in [5.74, 6) is 0.116. The lowest BCUT2D eigenvalue weighted by atomic mass is 10.2. The third-order valence-corrected chi connectivity index (χ3v) is 4.92. The molecule has 0 aliphatic carbocycles. The molecule has 2 aromatic carbocycles. The molecular formula is C24H29N3O6. The molecule has 1 aliphatic rings. The summed E-state index contributed by atoms with van der Waals surface area (Å²) in [7, 11) is 0. The van der Waals surface area contributed by atoms with Gasteiger partial charge in [-0.15, -0.1) is 0 Å². The molecule has 0 saturated carbocycles. The molecule has 0 unspecified atom stereocenters. The predicted octanol–water partition coefficient (Wildman–Crippen LogP) is 2.82. The number of carbonyl (C=O) groups is 3. The van der Waals surface area contributed by atoms with Crippen LogP contribution < -0.4 is 25.6 Å². The Morgan fingerprint density at radius 1 is 0.909 bits per heavy atom. The third-order valence-electron chi connectivity index (χ3n) is 4.92. The van der Waals surface area contributed by atoms with Crippen molar-refractivity contribution in [3.05, 3.63) is 54.1 Å². The number of hydrogen-bond acceptors (Lipinski definition) is 6. The molecule has 1 aliphatic heterocycles. The van der Waals surface area contributed by atoms with Gasteiger partial charge in [-0.2, -0.15) is 0 Å². The second-order valence-electron chi connectivity index (χ2n) is 7.48. The normalized spacial score (nSPS) is 14.9. The average Bonchev–Trinajstić information content (AvgIpc) is 3.35. The highest BCUT2D eigenvalue weighted by Gasteiger charge is 2.16. The van der Waals surface area contributed by atoms with Crippen molar-refractivity contribution in [2.24, 2.45) is 0 Å². The molecule has 1 fully saturated rings. The smallest absolute Gasteiger partial charge is 0.269 e. The second-order valence-corrected chi connectivity index (χ2v) is 7.48. The number of hydrogen-bond donors (Lipinski definition) is 3. The van der Waals surface area contributed by atoms with E-state index in [9.17, 15) is 14.4 Å². The van der Waals surface area contributed by atoms with Crippen LogP contribution in [0.4, 0.5) is 5.69 Å². The first kappa shape index (κ1) is 24.1. The van der Waals surface area contributed by atoms with Crippen LogP contribution in [0, 0.1) is 0 Å². The number of carbonyl (C=O) groups excluding carboxylic acids is 3. The van der Waals surface area contributed by atoms with Crippen molar-refractivity contribution in [1.82, 2.24) is 10.9 Å². The second kappa shape index (κ2) is 12.4. The largest absolute Gasteiger partial charge is 0.494 e. The fourth-order valence-electron chi connectivity index (χ4n) is 3.18. The van der Waals surface area contributed by atoms with Crippen LogP contribution in [0.5, 0.6) is 11.5 Å². The lowest BCUT2D eigenvalue weighted by Crippen LogP contribution is -2.41. The summed E-state index contributed by atoms with van der Waals surface area (Å²) < 4.78 is 16.5. The van der Waals surface area contributed by atoms with Gasteiger partial charge in [-0.05, 0) is 68.3 Å². The lowest BCUT2D eigenvalue weighted by molar-refractivity contribution is -0.124. The molecule has 3 N–H and O–H groups in total. The van der Waals surface area contributed by atoms with E-state index >= 15 is 0 Å². The van der Waals surface area contributed by atoms with Crippen LogP contribution in [0.2, 0.25) is 0 Å². The molecule has 0 spiro atoms. The Labute approximate surface area is 192 Å². The molecule has 9 heteroatoms. The van der Waals surface area contributed by atoms with Gasteiger partial charge in [0.25, 0.3) is 5.91 Å². The zero-order valence-corrected chi connectivity index (χ0v) is 18.6. The van der Waals surface area contributed by atoms with E-state index in [1.807, 2.05) is 6.92 Å². The van der Waals surface area contributed by atoms with Gasteiger partial charge in [-0.1, -0.05) is 0 Å². The molecule has 176 valence electrons. The van der Waals surface area contributed by atoms with Gasteiger partial charge in [0.05, 0.1) is 12.7 Å². The molecule has 0 radical (unpaired) electrons. The topological polar surface area (TPSA) is 115 Å². The molecule has 3 amide bonds. The first-order valence-corrected chi connectivity index (χ1v) is 11.0. The van der Waals surface area contributed by atoms with Crippen molar-refractivity contribution in [1.29, 1.82) is 0 Å². The van der Waals surface area contributed by atoms with Crippen molar-refractivity contribution in [3.8, 4) is 11.5 Å². The highest BCUT2D eigenvalue weighted by atomic mass is 16.5. The van der Waals surface area contributed by atoms with Crippen LogP contribution in [-0.2, 0) is 14.3 Å². The number of hydrazine groups is 1. The maximum absolute atomic E-state index is 12.2. The van der Waals surface area contributed by atoms with E-state index in [0.717, 1.165) is 19.4 Å². The summed E-state index contributed by atoms with van der Waals surface area (Å²) in [5.41, 5.74) is 5.64. The summed E-state index contributed by atoms with van der Waals surface area (Å²) in [6, 6.07) is 13.6. The maximum Gasteiger partial charge on any atom is 0.269 e. The van der Waals surface area contributed by atoms with Gasteiger partial charge in [0, 0.05) is 30.7 Å². The van der Waals surface area contributed by atoms with Crippen LogP contribution in [-0.4, -0.2) is 43.6 Å². The number of amides is 3. The van der Waals surface area contributed by atoms with Gasteiger partial charge in [-0.25, -0.2) is 0 Å². The van der Waals surface area contributed by atoms with E-state index in [2.05, 4.69) is 16.2 Å². The van der Waals surface area contributed by atoms with Crippen molar-refractivity contribution in [3.63, 3.8) is 0 Å². The quantitative estimate of drug-likeness (QED) is 0.475. The molecule has 3 rings (SSSR count). The zero-order valence-electron chi connectivity index (χ0n) is 18.6.